The molecule has 0 aromatic heterocycles. The second-order valence-corrected chi connectivity index (χ2v) is 5.74. The van der Waals surface area contributed by atoms with Gasteiger partial charge in [-0.3, -0.25) is 9.59 Å². The van der Waals surface area contributed by atoms with E-state index in [2.05, 4.69) is 15.9 Å². The average molecular weight is 327 g/mol. The van der Waals surface area contributed by atoms with E-state index in [0.717, 1.165) is 6.42 Å². The zero-order chi connectivity index (χ0) is 14.3. The summed E-state index contributed by atoms with van der Waals surface area (Å²) in [6, 6.07) is 8.82. The lowest BCUT2D eigenvalue weighted by Gasteiger charge is -2.23. The third-order valence-electron chi connectivity index (χ3n) is 2.75. The number of rotatable bonds is 7. The first-order chi connectivity index (χ1) is 9.06. The van der Waals surface area contributed by atoms with E-state index < -0.39 is 10.3 Å². The fourth-order valence-corrected chi connectivity index (χ4v) is 2.52. The molecule has 0 saturated heterocycles. The Morgan fingerprint density at radius 1 is 1.16 bits per heavy atom. The highest BCUT2D eigenvalue weighted by Gasteiger charge is 2.44. The molecule has 104 valence electrons. The molecular weight excluding hydrogens is 308 g/mol. The molecule has 4 heteroatoms. The molecule has 0 spiro atoms. The maximum Gasteiger partial charge on any atom is 0.330 e. The number of alkyl halides is 1. The molecule has 1 atom stereocenters. The van der Waals surface area contributed by atoms with Gasteiger partial charge in [0.05, 0.1) is 6.61 Å². The number of hydrogen-bond donors (Lipinski definition) is 0. The number of halogens is 1. The second kappa shape index (κ2) is 7.43. The summed E-state index contributed by atoms with van der Waals surface area (Å²) in [4.78, 5) is 24.7. The van der Waals surface area contributed by atoms with Gasteiger partial charge in [-0.25, -0.2) is 0 Å². The predicted molar refractivity (Wildman–Crippen MR) is 78.6 cm³/mol. The van der Waals surface area contributed by atoms with Crippen molar-refractivity contribution < 1.29 is 14.3 Å². The average Bonchev–Trinajstić information content (AvgIpc) is 2.44. The second-order valence-electron chi connectivity index (χ2n) is 4.38. The zero-order valence-electron chi connectivity index (χ0n) is 11.3. The van der Waals surface area contributed by atoms with Gasteiger partial charge in [0, 0.05) is 5.56 Å². The van der Waals surface area contributed by atoms with Crippen LogP contribution >= 0.6 is 15.9 Å². The number of Topliss-reactive ketones (excluding diaryl/α,β-unsaturated/α-hetero) is 1. The number of esters is 1. The number of ketones is 1. The summed E-state index contributed by atoms with van der Waals surface area (Å²) in [6.45, 7) is 4.18. The minimum Gasteiger partial charge on any atom is -0.464 e. The molecule has 0 bridgehead atoms. The Balaban J connectivity index is 2.98. The highest BCUT2D eigenvalue weighted by atomic mass is 79.9. The summed E-state index contributed by atoms with van der Waals surface area (Å²) < 4.78 is 3.88. The van der Waals surface area contributed by atoms with Crippen molar-refractivity contribution in [3.63, 3.8) is 0 Å². The van der Waals surface area contributed by atoms with E-state index in [1.54, 1.807) is 24.3 Å². The van der Waals surface area contributed by atoms with Gasteiger partial charge < -0.3 is 4.74 Å². The van der Waals surface area contributed by atoms with E-state index in [9.17, 15) is 9.59 Å². The molecule has 0 heterocycles. The smallest absolute Gasteiger partial charge is 0.330 e. The standard InChI is InChI=1S/C15H19BrO3/c1-3-10-15(16,14(18)19-11-4-2)13(17)12-8-6-5-7-9-12/h5-9H,3-4,10-11H2,1-2H3. The van der Waals surface area contributed by atoms with Crippen LogP contribution in [0.3, 0.4) is 0 Å². The SMILES string of the molecule is CCCOC(=O)C(Br)(CCC)C(=O)c1ccccc1. The van der Waals surface area contributed by atoms with E-state index in [1.165, 1.54) is 0 Å². The van der Waals surface area contributed by atoms with E-state index in [1.807, 2.05) is 19.9 Å². The summed E-state index contributed by atoms with van der Waals surface area (Å²) in [5.74, 6) is -0.735. The Bertz CT molecular complexity index is 430. The van der Waals surface area contributed by atoms with Crippen molar-refractivity contribution in [2.75, 3.05) is 6.61 Å². The van der Waals surface area contributed by atoms with Crippen molar-refractivity contribution in [1.29, 1.82) is 0 Å². The van der Waals surface area contributed by atoms with Crippen molar-refractivity contribution >= 4 is 27.7 Å². The molecule has 0 aliphatic carbocycles. The van der Waals surface area contributed by atoms with Gasteiger partial charge in [-0.15, -0.1) is 0 Å². The lowest BCUT2D eigenvalue weighted by molar-refractivity contribution is -0.145. The molecule has 0 amide bonds. The highest BCUT2D eigenvalue weighted by molar-refractivity contribution is 9.10. The molecule has 3 nitrogen and oxygen atoms in total. The molecule has 1 unspecified atom stereocenters. The number of carbonyl (C=O) groups is 2. The molecular formula is C15H19BrO3. The minimum absolute atomic E-state index is 0.240. The molecule has 0 fully saturated rings. The van der Waals surface area contributed by atoms with Gasteiger partial charge >= 0.3 is 5.97 Å². The fraction of sp³-hybridized carbons (Fsp3) is 0.467. The Labute approximate surface area is 122 Å². The van der Waals surface area contributed by atoms with Crippen LogP contribution in [-0.2, 0) is 9.53 Å². The first-order valence-corrected chi connectivity index (χ1v) is 7.31. The van der Waals surface area contributed by atoms with Gasteiger partial charge in [-0.05, 0) is 12.8 Å². The molecule has 19 heavy (non-hydrogen) atoms. The molecule has 0 aliphatic heterocycles. The molecule has 1 aromatic carbocycles. The highest BCUT2D eigenvalue weighted by Crippen LogP contribution is 2.30. The molecule has 1 aromatic rings. The normalized spacial score (nSPS) is 13.6. The van der Waals surface area contributed by atoms with E-state index in [4.69, 9.17) is 4.74 Å². The van der Waals surface area contributed by atoms with E-state index >= 15 is 0 Å². The number of ether oxygens (including phenoxy) is 1. The Morgan fingerprint density at radius 2 is 1.79 bits per heavy atom. The van der Waals surface area contributed by atoms with Gasteiger partial charge in [0.1, 0.15) is 0 Å². The lowest BCUT2D eigenvalue weighted by atomic mass is 9.93. The predicted octanol–water partition coefficient (Wildman–Crippen LogP) is 3.76. The Kier molecular flexibility index (Phi) is 6.22. The maximum atomic E-state index is 12.5. The van der Waals surface area contributed by atoms with Crippen LogP contribution in [0.4, 0.5) is 0 Å². The quantitative estimate of drug-likeness (QED) is 0.331. The van der Waals surface area contributed by atoms with Crippen molar-refractivity contribution in [2.45, 2.75) is 37.4 Å². The summed E-state index contributed by atoms with van der Waals surface area (Å²) in [5.41, 5.74) is 0.515. The lowest BCUT2D eigenvalue weighted by Crippen LogP contribution is -2.42. The third-order valence-corrected chi connectivity index (χ3v) is 3.83. The van der Waals surface area contributed by atoms with Gasteiger partial charge in [0.25, 0.3) is 0 Å². The van der Waals surface area contributed by atoms with Gasteiger partial charge in [0.15, 0.2) is 10.1 Å². The zero-order valence-corrected chi connectivity index (χ0v) is 12.9. The van der Waals surface area contributed by atoms with Gasteiger partial charge in [-0.2, -0.15) is 0 Å². The minimum atomic E-state index is -1.27. The van der Waals surface area contributed by atoms with Crippen molar-refractivity contribution in [3.05, 3.63) is 35.9 Å². The van der Waals surface area contributed by atoms with Crippen molar-refractivity contribution in [1.82, 2.24) is 0 Å². The third kappa shape index (κ3) is 3.90. The van der Waals surface area contributed by atoms with E-state index in [-0.39, 0.29) is 5.78 Å². The van der Waals surface area contributed by atoms with Crippen LogP contribution in [0.1, 0.15) is 43.5 Å². The van der Waals surface area contributed by atoms with Crippen LogP contribution in [0.5, 0.6) is 0 Å². The van der Waals surface area contributed by atoms with E-state index in [0.29, 0.717) is 25.0 Å². The maximum absolute atomic E-state index is 12.5. The molecule has 0 N–H and O–H groups in total. The first kappa shape index (κ1) is 15.9. The Hall–Kier alpha value is -1.16. The summed E-state index contributed by atoms with van der Waals surface area (Å²) >= 11 is 3.32. The number of carbonyl (C=O) groups excluding carboxylic acids is 2. The van der Waals surface area contributed by atoms with Crippen molar-refractivity contribution in [3.8, 4) is 0 Å². The first-order valence-electron chi connectivity index (χ1n) is 6.52. The van der Waals surface area contributed by atoms with Gasteiger partial charge in [-0.1, -0.05) is 66.5 Å². The molecule has 0 radical (unpaired) electrons. The topological polar surface area (TPSA) is 43.4 Å². The van der Waals surface area contributed by atoms with Crippen LogP contribution in [0.25, 0.3) is 0 Å². The van der Waals surface area contributed by atoms with Gasteiger partial charge in [0.2, 0.25) is 0 Å². The molecule has 1 rings (SSSR count). The van der Waals surface area contributed by atoms with Crippen LogP contribution in [-0.4, -0.2) is 22.7 Å². The van der Waals surface area contributed by atoms with Crippen LogP contribution in [0, 0.1) is 0 Å². The monoisotopic (exact) mass is 326 g/mol. The Morgan fingerprint density at radius 3 is 2.32 bits per heavy atom. The van der Waals surface area contributed by atoms with Crippen LogP contribution < -0.4 is 0 Å². The molecule has 0 aliphatic rings. The van der Waals surface area contributed by atoms with Crippen LogP contribution in [0.2, 0.25) is 0 Å². The molecule has 0 saturated carbocycles. The van der Waals surface area contributed by atoms with Crippen molar-refractivity contribution in [2.24, 2.45) is 0 Å². The summed E-state index contributed by atoms with van der Waals surface area (Å²) in [5, 5.41) is 0. The largest absolute Gasteiger partial charge is 0.464 e. The van der Waals surface area contributed by atoms with Crippen LogP contribution in [0.15, 0.2) is 30.3 Å². The fourth-order valence-electron chi connectivity index (χ4n) is 1.78. The summed E-state index contributed by atoms with van der Waals surface area (Å²) in [6.07, 6.45) is 1.87. The number of hydrogen-bond acceptors (Lipinski definition) is 3. The summed E-state index contributed by atoms with van der Waals surface area (Å²) in [7, 11) is 0. The number of benzene rings is 1.